The molecule has 1 fully saturated rings. The van der Waals surface area contributed by atoms with Crippen LogP contribution in [0.15, 0.2) is 0 Å². The summed E-state index contributed by atoms with van der Waals surface area (Å²) in [6.45, 7) is 2.13. The lowest BCUT2D eigenvalue weighted by Gasteiger charge is -2.40. The molecule has 0 aromatic rings. The molecule has 0 spiro atoms. The van der Waals surface area contributed by atoms with Gasteiger partial charge in [0.05, 0.1) is 12.6 Å². The highest BCUT2D eigenvalue weighted by molar-refractivity contribution is 5.85. The molecule has 1 saturated heterocycles. The van der Waals surface area contributed by atoms with Crippen LogP contribution in [0.5, 0.6) is 0 Å². The van der Waals surface area contributed by atoms with Gasteiger partial charge in [0.2, 0.25) is 0 Å². The van der Waals surface area contributed by atoms with Gasteiger partial charge >= 0.3 is 0 Å². The topological polar surface area (TPSA) is 105 Å². The van der Waals surface area contributed by atoms with Crippen LogP contribution in [0.2, 0.25) is 0 Å². The van der Waals surface area contributed by atoms with Crippen LogP contribution < -0.4 is 5.73 Å². The zero-order valence-electron chi connectivity index (χ0n) is 9.86. The molecule has 0 aromatic carbocycles. The van der Waals surface area contributed by atoms with Gasteiger partial charge in [-0.15, -0.1) is 12.4 Å². The van der Waals surface area contributed by atoms with Gasteiger partial charge in [-0.25, -0.2) is 0 Å². The maximum Gasteiger partial charge on any atom is 0.175 e. The van der Waals surface area contributed by atoms with Crippen LogP contribution in [0.1, 0.15) is 19.8 Å². The number of unbranched alkanes of at least 4 members (excludes halogenated alkanes) is 1. The largest absolute Gasteiger partial charge is 0.394 e. The molecule has 0 bridgehead atoms. The average molecular weight is 272 g/mol. The van der Waals surface area contributed by atoms with E-state index in [2.05, 4.69) is 0 Å². The van der Waals surface area contributed by atoms with Crippen molar-refractivity contribution >= 4 is 12.4 Å². The van der Waals surface area contributed by atoms with Gasteiger partial charge in [-0.3, -0.25) is 0 Å². The molecule has 0 amide bonds. The molecular formula is C10H22ClNO5. The highest BCUT2D eigenvalue weighted by atomic mass is 35.5. The Hall–Kier alpha value is 0.0500. The summed E-state index contributed by atoms with van der Waals surface area (Å²) in [5.41, 5.74) is 5.67. The molecule has 1 rings (SSSR count). The van der Waals surface area contributed by atoms with Crippen molar-refractivity contribution in [1.29, 1.82) is 0 Å². The van der Waals surface area contributed by atoms with Crippen molar-refractivity contribution in [3.63, 3.8) is 0 Å². The minimum atomic E-state index is -1.17. The van der Waals surface area contributed by atoms with Crippen LogP contribution in [-0.2, 0) is 9.47 Å². The molecule has 0 radical (unpaired) electrons. The first kappa shape index (κ1) is 17.1. The summed E-state index contributed by atoms with van der Waals surface area (Å²) in [6.07, 6.45) is -2.09. The van der Waals surface area contributed by atoms with Gasteiger partial charge in [0.1, 0.15) is 18.3 Å². The zero-order chi connectivity index (χ0) is 12.1. The molecule has 104 valence electrons. The minimum absolute atomic E-state index is 0. The third-order valence-corrected chi connectivity index (χ3v) is 2.71. The molecule has 7 heteroatoms. The Balaban J connectivity index is 0.00000256. The zero-order valence-corrected chi connectivity index (χ0v) is 10.7. The fraction of sp³-hybridized carbons (Fsp3) is 1.00. The lowest BCUT2D eigenvalue weighted by molar-refractivity contribution is -0.265. The molecule has 1 heterocycles. The monoisotopic (exact) mass is 271 g/mol. The first-order valence-corrected chi connectivity index (χ1v) is 5.61. The Morgan fingerprint density at radius 2 is 1.94 bits per heavy atom. The number of ether oxygens (including phenoxy) is 2. The first-order chi connectivity index (χ1) is 7.61. The van der Waals surface area contributed by atoms with E-state index < -0.39 is 30.6 Å². The van der Waals surface area contributed by atoms with Gasteiger partial charge in [-0.05, 0) is 6.42 Å². The number of aliphatic hydroxyl groups excluding tert-OH is 3. The highest BCUT2D eigenvalue weighted by Crippen LogP contribution is 2.20. The van der Waals surface area contributed by atoms with Gasteiger partial charge < -0.3 is 30.5 Å². The van der Waals surface area contributed by atoms with Gasteiger partial charge in [-0.1, -0.05) is 13.3 Å². The SMILES string of the molecule is CCCCOC1O[C@H](CO)[C@@H](O)[C@H](O)[C@H]1N.Cl. The summed E-state index contributed by atoms with van der Waals surface area (Å²) in [4.78, 5) is 0. The summed E-state index contributed by atoms with van der Waals surface area (Å²) < 4.78 is 10.6. The third-order valence-electron chi connectivity index (χ3n) is 2.71. The lowest BCUT2D eigenvalue weighted by Crippen LogP contribution is -2.62. The Kier molecular flexibility index (Phi) is 8.23. The second kappa shape index (κ2) is 8.20. The van der Waals surface area contributed by atoms with E-state index in [9.17, 15) is 10.2 Å². The van der Waals surface area contributed by atoms with Crippen LogP contribution in [0.25, 0.3) is 0 Å². The Morgan fingerprint density at radius 1 is 1.29 bits per heavy atom. The fourth-order valence-electron chi connectivity index (χ4n) is 1.60. The maximum absolute atomic E-state index is 9.63. The van der Waals surface area contributed by atoms with Crippen LogP contribution in [0.4, 0.5) is 0 Å². The average Bonchev–Trinajstić information content (AvgIpc) is 2.29. The molecular weight excluding hydrogens is 250 g/mol. The normalized spacial score (nSPS) is 37.6. The molecule has 0 aromatic heterocycles. The Bertz CT molecular complexity index is 207. The second-order valence-corrected chi connectivity index (χ2v) is 4.01. The van der Waals surface area contributed by atoms with Crippen LogP contribution in [0.3, 0.4) is 0 Å². The van der Waals surface area contributed by atoms with E-state index in [4.69, 9.17) is 20.3 Å². The van der Waals surface area contributed by atoms with E-state index in [-0.39, 0.29) is 19.0 Å². The number of nitrogens with two attached hydrogens (primary N) is 1. The quantitative estimate of drug-likeness (QED) is 0.478. The predicted octanol–water partition coefficient (Wildman–Crippen LogP) is -1.01. The van der Waals surface area contributed by atoms with Crippen molar-refractivity contribution < 1.29 is 24.8 Å². The van der Waals surface area contributed by atoms with E-state index >= 15 is 0 Å². The van der Waals surface area contributed by atoms with Crippen molar-refractivity contribution in [2.24, 2.45) is 5.73 Å². The number of halogens is 1. The molecule has 0 saturated carbocycles. The van der Waals surface area contributed by atoms with Crippen molar-refractivity contribution in [2.75, 3.05) is 13.2 Å². The van der Waals surface area contributed by atoms with E-state index in [1.165, 1.54) is 0 Å². The summed E-state index contributed by atoms with van der Waals surface area (Å²) in [6, 6.07) is -0.797. The van der Waals surface area contributed by atoms with E-state index in [0.29, 0.717) is 6.61 Å². The summed E-state index contributed by atoms with van der Waals surface area (Å²) in [7, 11) is 0. The summed E-state index contributed by atoms with van der Waals surface area (Å²) in [5.74, 6) is 0. The number of aliphatic hydroxyl groups is 3. The highest BCUT2D eigenvalue weighted by Gasteiger charge is 2.42. The van der Waals surface area contributed by atoms with E-state index in [1.54, 1.807) is 0 Å². The molecule has 1 unspecified atom stereocenters. The molecule has 5 atom stereocenters. The molecule has 0 aliphatic carbocycles. The van der Waals surface area contributed by atoms with Crippen LogP contribution in [-0.4, -0.2) is 59.2 Å². The maximum atomic E-state index is 9.63. The van der Waals surface area contributed by atoms with Crippen molar-refractivity contribution in [3.8, 4) is 0 Å². The van der Waals surface area contributed by atoms with Crippen molar-refractivity contribution in [2.45, 2.75) is 50.4 Å². The third kappa shape index (κ3) is 4.33. The predicted molar refractivity (Wildman–Crippen MR) is 63.8 cm³/mol. The molecule has 17 heavy (non-hydrogen) atoms. The van der Waals surface area contributed by atoms with E-state index in [0.717, 1.165) is 12.8 Å². The number of hydrogen-bond acceptors (Lipinski definition) is 6. The van der Waals surface area contributed by atoms with E-state index in [1.807, 2.05) is 6.92 Å². The Labute approximate surface area is 107 Å². The van der Waals surface area contributed by atoms with Gasteiger partial charge in [-0.2, -0.15) is 0 Å². The van der Waals surface area contributed by atoms with Crippen molar-refractivity contribution in [3.05, 3.63) is 0 Å². The standard InChI is InChI=1S/C10H21NO5.ClH/c1-2-3-4-15-10-7(11)9(14)8(13)6(5-12)16-10;/h6-10,12-14H,2-5,11H2,1H3;1H/t6-,7-,8-,9-,10?;/m1./s1. The molecule has 6 nitrogen and oxygen atoms in total. The Morgan fingerprint density at radius 3 is 2.47 bits per heavy atom. The summed E-state index contributed by atoms with van der Waals surface area (Å²) >= 11 is 0. The van der Waals surface area contributed by atoms with Gasteiger partial charge in [0.25, 0.3) is 0 Å². The van der Waals surface area contributed by atoms with Gasteiger partial charge in [0.15, 0.2) is 6.29 Å². The first-order valence-electron chi connectivity index (χ1n) is 5.61. The van der Waals surface area contributed by atoms with Crippen LogP contribution in [0, 0.1) is 0 Å². The minimum Gasteiger partial charge on any atom is -0.394 e. The molecule has 1 aliphatic rings. The summed E-state index contributed by atoms with van der Waals surface area (Å²) in [5, 5.41) is 28.1. The number of hydrogen-bond donors (Lipinski definition) is 4. The van der Waals surface area contributed by atoms with Crippen molar-refractivity contribution in [1.82, 2.24) is 0 Å². The number of rotatable bonds is 5. The second-order valence-electron chi connectivity index (χ2n) is 4.01. The molecule has 5 N–H and O–H groups in total. The van der Waals surface area contributed by atoms with Gasteiger partial charge in [0, 0.05) is 6.61 Å². The van der Waals surface area contributed by atoms with Crippen LogP contribution >= 0.6 is 12.4 Å². The molecule has 1 aliphatic heterocycles. The fourth-order valence-corrected chi connectivity index (χ4v) is 1.60. The smallest absolute Gasteiger partial charge is 0.175 e. The lowest BCUT2D eigenvalue weighted by atomic mass is 9.98.